The number of aliphatic hydroxyl groups is 1. The van der Waals surface area contributed by atoms with Crippen LogP contribution in [0.25, 0.3) is 22.1 Å². The van der Waals surface area contributed by atoms with Crippen molar-refractivity contribution in [2.24, 2.45) is 7.05 Å². The number of imidazole rings is 1. The normalized spacial score (nSPS) is 19.6. The molecule has 9 heteroatoms. The molecule has 2 N–H and O–H groups in total. The van der Waals surface area contributed by atoms with Crippen molar-refractivity contribution in [1.29, 1.82) is 0 Å². The first-order valence-electron chi connectivity index (χ1n) is 8.92. The molecule has 4 heterocycles. The molecule has 0 amide bonds. The number of hydrogen-bond acceptors (Lipinski definition) is 5. The van der Waals surface area contributed by atoms with Crippen LogP contribution in [0.4, 0.5) is 0 Å². The number of aromatic amines is 1. The Morgan fingerprint density at radius 3 is 2.78 bits per heavy atom. The van der Waals surface area contributed by atoms with Gasteiger partial charge in [-0.15, -0.1) is 0 Å². The van der Waals surface area contributed by atoms with Crippen molar-refractivity contribution in [3.8, 4) is 0 Å². The van der Waals surface area contributed by atoms with Gasteiger partial charge in [0.05, 0.1) is 11.8 Å². The molecular formula is C18H22ClN7O. The zero-order chi connectivity index (χ0) is 19.1. The smallest absolute Gasteiger partial charge is 0.163 e. The third-order valence-electron chi connectivity index (χ3n) is 5.16. The molecule has 0 saturated heterocycles. The maximum absolute atomic E-state index is 7.00. The maximum Gasteiger partial charge on any atom is 0.163 e. The number of H-pyrrole nitrogens is 1. The fourth-order valence-electron chi connectivity index (χ4n) is 3.99. The highest BCUT2D eigenvalue weighted by atomic mass is 35.5. The molecule has 1 aliphatic rings. The molecular weight excluding hydrogens is 366 g/mol. The van der Waals surface area contributed by atoms with Crippen molar-refractivity contribution in [1.82, 2.24) is 34.3 Å². The van der Waals surface area contributed by atoms with Gasteiger partial charge in [-0.2, -0.15) is 5.10 Å². The lowest BCUT2D eigenvalue weighted by Crippen LogP contribution is -2.06. The average Bonchev–Trinajstić information content (AvgIpc) is 3.41. The van der Waals surface area contributed by atoms with Crippen LogP contribution in [0.5, 0.6) is 0 Å². The second-order valence-corrected chi connectivity index (χ2v) is 7.27. The topological polar surface area (TPSA) is 97.4 Å². The highest BCUT2D eigenvalue weighted by Crippen LogP contribution is 2.41. The van der Waals surface area contributed by atoms with Gasteiger partial charge >= 0.3 is 0 Å². The number of hydrogen-bond donors (Lipinski definition) is 2. The summed E-state index contributed by atoms with van der Waals surface area (Å²) in [5.41, 5.74) is 3.75. The molecule has 8 nitrogen and oxygen atoms in total. The van der Waals surface area contributed by atoms with E-state index in [4.69, 9.17) is 16.7 Å². The zero-order valence-corrected chi connectivity index (χ0v) is 16.3. The second kappa shape index (κ2) is 6.94. The van der Waals surface area contributed by atoms with Crippen LogP contribution in [0, 0.1) is 6.92 Å². The van der Waals surface area contributed by atoms with E-state index < -0.39 is 0 Å². The van der Waals surface area contributed by atoms with Gasteiger partial charge in [-0.3, -0.25) is 4.68 Å². The third kappa shape index (κ3) is 2.98. The van der Waals surface area contributed by atoms with Crippen molar-refractivity contribution in [2.75, 3.05) is 7.11 Å². The molecule has 0 radical (unpaired) electrons. The molecule has 4 aromatic rings. The average molecular weight is 388 g/mol. The first-order chi connectivity index (χ1) is 13.1. The fourth-order valence-corrected chi connectivity index (χ4v) is 4.22. The molecule has 5 rings (SSSR count). The van der Waals surface area contributed by atoms with Gasteiger partial charge in [0.15, 0.2) is 11.5 Å². The Balaban J connectivity index is 0.000000872. The monoisotopic (exact) mass is 387 g/mol. The van der Waals surface area contributed by atoms with Crippen LogP contribution >= 0.6 is 11.6 Å². The van der Waals surface area contributed by atoms with E-state index in [-0.39, 0.29) is 0 Å². The lowest BCUT2D eigenvalue weighted by Gasteiger charge is -2.12. The van der Waals surface area contributed by atoms with Crippen LogP contribution in [-0.4, -0.2) is 46.5 Å². The summed E-state index contributed by atoms with van der Waals surface area (Å²) in [6.07, 6.45) is 6.79. The van der Waals surface area contributed by atoms with E-state index in [0.717, 1.165) is 60.0 Å². The summed E-state index contributed by atoms with van der Waals surface area (Å²) in [6, 6.07) is 2.36. The molecule has 0 spiro atoms. The van der Waals surface area contributed by atoms with E-state index in [1.807, 2.05) is 26.4 Å². The molecule has 0 unspecified atom stereocenters. The Kier molecular flexibility index (Phi) is 4.61. The van der Waals surface area contributed by atoms with Gasteiger partial charge in [-0.1, -0.05) is 11.6 Å². The molecule has 0 aromatic carbocycles. The minimum Gasteiger partial charge on any atom is -0.400 e. The number of aromatic nitrogens is 7. The molecule has 0 aliphatic heterocycles. The summed E-state index contributed by atoms with van der Waals surface area (Å²) in [7, 11) is 2.90. The molecule has 27 heavy (non-hydrogen) atoms. The van der Waals surface area contributed by atoms with E-state index in [1.54, 1.807) is 11.0 Å². The Hall–Kier alpha value is -2.45. The number of halogens is 1. The van der Waals surface area contributed by atoms with Crippen molar-refractivity contribution in [3.63, 3.8) is 0 Å². The molecule has 2 atom stereocenters. The highest BCUT2D eigenvalue weighted by molar-refractivity contribution is 6.35. The molecule has 4 aromatic heterocycles. The fraction of sp³-hybridized carbons (Fsp3) is 0.444. The highest BCUT2D eigenvalue weighted by Gasteiger charge is 2.31. The molecule has 1 saturated carbocycles. The summed E-state index contributed by atoms with van der Waals surface area (Å²) >= 11 is 6.42. The van der Waals surface area contributed by atoms with E-state index in [9.17, 15) is 0 Å². The summed E-state index contributed by atoms with van der Waals surface area (Å²) in [5.74, 6) is 1.32. The van der Waals surface area contributed by atoms with E-state index >= 15 is 0 Å². The largest absolute Gasteiger partial charge is 0.400 e. The second-order valence-electron chi connectivity index (χ2n) is 6.91. The SMILES string of the molecule is CO.Cc1cc2c(Cl)nc3c(ncn3[C@H]3CC[C@@H](c4ncn(C)n4)C3)c2[nH]1. The number of nitrogens with zero attached hydrogens (tertiary/aromatic N) is 6. The lowest BCUT2D eigenvalue weighted by atomic mass is 10.1. The van der Waals surface area contributed by atoms with Crippen LogP contribution in [-0.2, 0) is 7.05 Å². The predicted octanol–water partition coefficient (Wildman–Crippen LogP) is 3.12. The maximum atomic E-state index is 7.00. The van der Waals surface area contributed by atoms with Crippen LogP contribution < -0.4 is 0 Å². The van der Waals surface area contributed by atoms with Gasteiger partial charge < -0.3 is 14.7 Å². The van der Waals surface area contributed by atoms with Crippen LogP contribution in [0.2, 0.25) is 5.15 Å². The van der Waals surface area contributed by atoms with E-state index in [0.29, 0.717) is 17.1 Å². The van der Waals surface area contributed by atoms with Crippen LogP contribution in [0.15, 0.2) is 18.7 Å². The number of nitrogens with one attached hydrogen (secondary N) is 1. The van der Waals surface area contributed by atoms with Crippen LogP contribution in [0.3, 0.4) is 0 Å². The first-order valence-corrected chi connectivity index (χ1v) is 9.29. The number of fused-ring (bicyclic) bond motifs is 3. The van der Waals surface area contributed by atoms with Crippen molar-refractivity contribution < 1.29 is 5.11 Å². The number of rotatable bonds is 2. The van der Waals surface area contributed by atoms with Gasteiger partial charge in [0, 0.05) is 37.2 Å². The van der Waals surface area contributed by atoms with E-state index in [2.05, 4.69) is 29.6 Å². The van der Waals surface area contributed by atoms with Crippen molar-refractivity contribution >= 4 is 33.7 Å². The zero-order valence-electron chi connectivity index (χ0n) is 15.5. The minimum atomic E-state index is 0.343. The van der Waals surface area contributed by atoms with E-state index in [1.165, 1.54) is 0 Å². The third-order valence-corrected chi connectivity index (χ3v) is 5.45. The summed E-state index contributed by atoms with van der Waals surface area (Å²) in [4.78, 5) is 17.0. The lowest BCUT2D eigenvalue weighted by molar-refractivity contribution is 0.399. The van der Waals surface area contributed by atoms with Gasteiger partial charge in [-0.25, -0.2) is 15.0 Å². The summed E-state index contributed by atoms with van der Waals surface area (Å²) in [6.45, 7) is 2.01. The predicted molar refractivity (Wildman–Crippen MR) is 104 cm³/mol. The summed E-state index contributed by atoms with van der Waals surface area (Å²) < 4.78 is 3.93. The van der Waals surface area contributed by atoms with Gasteiger partial charge in [0.25, 0.3) is 0 Å². The van der Waals surface area contributed by atoms with Gasteiger partial charge in [0.1, 0.15) is 17.0 Å². The Morgan fingerprint density at radius 1 is 1.22 bits per heavy atom. The first kappa shape index (κ1) is 17.9. The standard InChI is InChI=1S/C17H18ClN7.CH4O/c1-9-5-12-13(21-9)14-17(22-15(12)18)25(8-19-14)11-4-3-10(6-11)16-20-7-24(2)23-16;1-2/h5,7-8,10-11,21H,3-4,6H2,1-2H3;2H,1H3/t10-,11+;/m1./s1. The Morgan fingerprint density at radius 2 is 2.04 bits per heavy atom. The number of pyridine rings is 1. The van der Waals surface area contributed by atoms with Crippen LogP contribution in [0.1, 0.15) is 42.7 Å². The Labute approximate surface area is 161 Å². The quantitative estimate of drug-likeness (QED) is 0.515. The van der Waals surface area contributed by atoms with Crippen molar-refractivity contribution in [3.05, 3.63) is 35.4 Å². The van der Waals surface area contributed by atoms with Gasteiger partial charge in [0.2, 0.25) is 0 Å². The molecule has 142 valence electrons. The Bertz CT molecular complexity index is 1100. The van der Waals surface area contributed by atoms with Crippen molar-refractivity contribution in [2.45, 2.75) is 38.1 Å². The summed E-state index contributed by atoms with van der Waals surface area (Å²) in [5, 5.41) is 12.9. The van der Waals surface area contributed by atoms with Gasteiger partial charge in [-0.05, 0) is 32.3 Å². The number of aliphatic hydroxyl groups excluding tert-OH is 1. The molecule has 0 bridgehead atoms. The molecule has 1 aliphatic carbocycles. The number of aryl methyl sites for hydroxylation is 2. The molecule has 1 fully saturated rings. The minimum absolute atomic E-state index is 0.343.